The van der Waals surface area contributed by atoms with E-state index in [1.54, 1.807) is 25.3 Å². The number of methoxy groups -OCH3 is 1. The lowest BCUT2D eigenvalue weighted by Crippen LogP contribution is -2.48. The largest absolute Gasteiger partial charge is 0.497 e. The number of ether oxygens (including phenoxy) is 1. The molecule has 2 aromatic carbocycles. The van der Waals surface area contributed by atoms with E-state index in [0.717, 1.165) is 38.5 Å². The van der Waals surface area contributed by atoms with Crippen LogP contribution in [0.2, 0.25) is 5.02 Å². The minimum Gasteiger partial charge on any atom is -0.497 e. The number of carbonyl (C=O) groups is 1. The Morgan fingerprint density at radius 2 is 1.85 bits per heavy atom. The molecule has 0 bridgehead atoms. The van der Waals surface area contributed by atoms with Crippen LogP contribution in [-0.4, -0.2) is 57.3 Å². The van der Waals surface area contributed by atoms with Gasteiger partial charge in [-0.1, -0.05) is 17.7 Å². The fourth-order valence-electron chi connectivity index (χ4n) is 3.09. The molecule has 1 fully saturated rings. The number of hydrogen-bond acceptors (Lipinski definition) is 4. The molecule has 2 N–H and O–H groups in total. The third kappa shape index (κ3) is 5.77. The van der Waals surface area contributed by atoms with Gasteiger partial charge in [0.15, 0.2) is 0 Å². The molecule has 0 unspecified atom stereocenters. The van der Waals surface area contributed by atoms with Crippen molar-refractivity contribution in [2.24, 2.45) is 0 Å². The van der Waals surface area contributed by atoms with Crippen molar-refractivity contribution < 1.29 is 9.53 Å². The average Bonchev–Trinajstić information content (AvgIpc) is 2.69. The first kappa shape index (κ1) is 19.3. The summed E-state index contributed by atoms with van der Waals surface area (Å²) in [5.41, 5.74) is 1.91. The molecule has 1 saturated heterocycles. The third-order valence-corrected chi connectivity index (χ3v) is 4.84. The number of halogens is 1. The van der Waals surface area contributed by atoms with E-state index in [1.165, 1.54) is 5.69 Å². The number of hydrogen-bond donors (Lipinski definition) is 2. The zero-order valence-electron chi connectivity index (χ0n) is 15.5. The van der Waals surface area contributed by atoms with Crippen LogP contribution in [0.4, 0.5) is 16.2 Å². The van der Waals surface area contributed by atoms with Crippen molar-refractivity contribution in [3.05, 3.63) is 53.6 Å². The fraction of sp³-hybridized carbons (Fsp3) is 0.350. The first-order chi connectivity index (χ1) is 13.1. The summed E-state index contributed by atoms with van der Waals surface area (Å²) < 4.78 is 5.21. The maximum Gasteiger partial charge on any atom is 0.319 e. The molecule has 1 heterocycles. The first-order valence-electron chi connectivity index (χ1n) is 9.06. The molecule has 2 aromatic rings. The number of benzene rings is 2. The Kier molecular flexibility index (Phi) is 6.79. The molecule has 144 valence electrons. The predicted molar refractivity (Wildman–Crippen MR) is 110 cm³/mol. The third-order valence-electron chi connectivity index (χ3n) is 4.61. The van der Waals surface area contributed by atoms with E-state index in [1.807, 2.05) is 18.2 Å². The van der Waals surface area contributed by atoms with E-state index < -0.39 is 0 Å². The Morgan fingerprint density at radius 3 is 2.52 bits per heavy atom. The van der Waals surface area contributed by atoms with Gasteiger partial charge in [-0.15, -0.1) is 0 Å². The van der Waals surface area contributed by atoms with E-state index in [0.29, 0.717) is 17.3 Å². The van der Waals surface area contributed by atoms with Gasteiger partial charge in [0.05, 0.1) is 7.11 Å². The molecule has 27 heavy (non-hydrogen) atoms. The van der Waals surface area contributed by atoms with Crippen LogP contribution in [0.25, 0.3) is 0 Å². The molecule has 3 rings (SSSR count). The van der Waals surface area contributed by atoms with Gasteiger partial charge in [0.2, 0.25) is 0 Å². The quantitative estimate of drug-likeness (QED) is 0.797. The van der Waals surface area contributed by atoms with Crippen molar-refractivity contribution in [1.82, 2.24) is 10.2 Å². The van der Waals surface area contributed by atoms with Crippen LogP contribution in [0.1, 0.15) is 0 Å². The van der Waals surface area contributed by atoms with E-state index >= 15 is 0 Å². The fourth-order valence-corrected chi connectivity index (χ4v) is 3.28. The number of rotatable bonds is 6. The van der Waals surface area contributed by atoms with Crippen molar-refractivity contribution in [3.63, 3.8) is 0 Å². The van der Waals surface area contributed by atoms with Crippen LogP contribution >= 0.6 is 11.6 Å². The van der Waals surface area contributed by atoms with Gasteiger partial charge in [0.1, 0.15) is 5.75 Å². The number of anilines is 2. The van der Waals surface area contributed by atoms with Gasteiger partial charge in [-0.2, -0.15) is 0 Å². The normalized spacial score (nSPS) is 14.7. The number of piperazine rings is 1. The highest BCUT2D eigenvalue weighted by Crippen LogP contribution is 2.20. The molecule has 7 heteroatoms. The molecule has 0 atom stereocenters. The lowest BCUT2D eigenvalue weighted by atomic mass is 10.2. The Bertz CT molecular complexity index is 746. The molecule has 0 saturated carbocycles. The van der Waals surface area contributed by atoms with Crippen LogP contribution in [0.3, 0.4) is 0 Å². The van der Waals surface area contributed by atoms with Crippen molar-refractivity contribution in [3.8, 4) is 5.75 Å². The maximum absolute atomic E-state index is 12.0. The van der Waals surface area contributed by atoms with Crippen molar-refractivity contribution in [1.29, 1.82) is 0 Å². The SMILES string of the molecule is COc1ccc(N2CCN(CCNC(=O)Nc3cccc(Cl)c3)CC2)cc1. The number of carbonyl (C=O) groups excluding carboxylic acids is 1. The van der Waals surface area contributed by atoms with Crippen LogP contribution in [-0.2, 0) is 0 Å². The monoisotopic (exact) mass is 388 g/mol. The van der Waals surface area contributed by atoms with Crippen molar-refractivity contribution >= 4 is 29.0 Å². The average molecular weight is 389 g/mol. The number of nitrogens with one attached hydrogen (secondary N) is 2. The zero-order valence-corrected chi connectivity index (χ0v) is 16.2. The molecule has 2 amide bonds. The molecule has 0 spiro atoms. The van der Waals surface area contributed by atoms with E-state index in [2.05, 4.69) is 32.6 Å². The van der Waals surface area contributed by atoms with Gasteiger partial charge in [-0.3, -0.25) is 4.90 Å². The van der Waals surface area contributed by atoms with Gasteiger partial charge in [-0.05, 0) is 42.5 Å². The van der Waals surface area contributed by atoms with Gasteiger partial charge in [0, 0.05) is 55.7 Å². The molecule has 0 aliphatic carbocycles. The van der Waals surface area contributed by atoms with Crippen LogP contribution in [0.5, 0.6) is 5.75 Å². The summed E-state index contributed by atoms with van der Waals surface area (Å²) >= 11 is 5.92. The lowest BCUT2D eigenvalue weighted by Gasteiger charge is -2.36. The molecule has 0 aromatic heterocycles. The number of nitrogens with zero attached hydrogens (tertiary/aromatic N) is 2. The summed E-state index contributed by atoms with van der Waals surface area (Å²) in [6, 6.07) is 15.1. The lowest BCUT2D eigenvalue weighted by molar-refractivity contribution is 0.240. The van der Waals surface area contributed by atoms with Crippen molar-refractivity contribution in [2.75, 3.05) is 56.6 Å². The number of amides is 2. The van der Waals surface area contributed by atoms with Gasteiger partial charge in [-0.25, -0.2) is 4.79 Å². The Labute approximate surface area is 165 Å². The molecule has 0 radical (unpaired) electrons. The summed E-state index contributed by atoms with van der Waals surface area (Å²) in [4.78, 5) is 16.7. The molecule has 1 aliphatic heterocycles. The highest BCUT2D eigenvalue weighted by atomic mass is 35.5. The van der Waals surface area contributed by atoms with Gasteiger partial charge >= 0.3 is 6.03 Å². The zero-order chi connectivity index (χ0) is 19.1. The van der Waals surface area contributed by atoms with Gasteiger partial charge in [0.25, 0.3) is 0 Å². The Morgan fingerprint density at radius 1 is 1.11 bits per heavy atom. The van der Waals surface area contributed by atoms with E-state index in [9.17, 15) is 4.79 Å². The van der Waals surface area contributed by atoms with Crippen LogP contribution < -0.4 is 20.3 Å². The molecular formula is C20H25ClN4O2. The van der Waals surface area contributed by atoms with Gasteiger partial charge < -0.3 is 20.3 Å². The second-order valence-electron chi connectivity index (χ2n) is 6.42. The minimum absolute atomic E-state index is 0.214. The summed E-state index contributed by atoms with van der Waals surface area (Å²) in [5.74, 6) is 0.875. The minimum atomic E-state index is -0.214. The second-order valence-corrected chi connectivity index (χ2v) is 6.85. The summed E-state index contributed by atoms with van der Waals surface area (Å²) in [7, 11) is 1.68. The standard InChI is InChI=1S/C20H25ClN4O2/c1-27-19-7-5-18(6-8-19)25-13-11-24(12-14-25)10-9-22-20(26)23-17-4-2-3-16(21)15-17/h2-8,15H,9-14H2,1H3,(H2,22,23,26). The topological polar surface area (TPSA) is 56.8 Å². The van der Waals surface area contributed by atoms with Crippen LogP contribution in [0.15, 0.2) is 48.5 Å². The van der Waals surface area contributed by atoms with Crippen LogP contribution in [0, 0.1) is 0 Å². The van der Waals surface area contributed by atoms with E-state index in [-0.39, 0.29) is 6.03 Å². The smallest absolute Gasteiger partial charge is 0.319 e. The highest BCUT2D eigenvalue weighted by molar-refractivity contribution is 6.30. The molecule has 6 nitrogen and oxygen atoms in total. The second kappa shape index (κ2) is 9.48. The summed E-state index contributed by atoms with van der Waals surface area (Å²) in [6.07, 6.45) is 0. The summed E-state index contributed by atoms with van der Waals surface area (Å²) in [5, 5.41) is 6.28. The first-order valence-corrected chi connectivity index (χ1v) is 9.43. The molecule has 1 aliphatic rings. The van der Waals surface area contributed by atoms with E-state index in [4.69, 9.17) is 16.3 Å². The Balaban J connectivity index is 1.36. The van der Waals surface area contributed by atoms with Crippen molar-refractivity contribution in [2.45, 2.75) is 0 Å². The molecular weight excluding hydrogens is 364 g/mol. The predicted octanol–water partition coefficient (Wildman–Crippen LogP) is 3.29. The summed E-state index contributed by atoms with van der Waals surface area (Å²) in [6.45, 7) is 5.34. The Hall–Kier alpha value is -2.44. The maximum atomic E-state index is 12.0. The highest BCUT2D eigenvalue weighted by Gasteiger charge is 2.17. The number of urea groups is 1.